The van der Waals surface area contributed by atoms with Gasteiger partial charge in [0.2, 0.25) is 0 Å². The highest BCUT2D eigenvalue weighted by Gasteiger charge is 2.22. The Kier molecular flexibility index (Phi) is 4.71. The maximum atomic E-state index is 12.2. The molecule has 0 aliphatic rings. The van der Waals surface area contributed by atoms with Gasteiger partial charge in [0, 0.05) is 10.6 Å². The third-order valence-corrected chi connectivity index (χ3v) is 5.13. The smallest absolute Gasteiger partial charge is 0.185 e. The zero-order valence-corrected chi connectivity index (χ0v) is 13.5. The lowest BCUT2D eigenvalue weighted by Crippen LogP contribution is -2.16. The normalized spacial score (nSPS) is 11.4. The highest BCUT2D eigenvalue weighted by Crippen LogP contribution is 2.22. The molecule has 0 saturated heterocycles. The van der Waals surface area contributed by atoms with Crippen LogP contribution in [0.3, 0.4) is 0 Å². The van der Waals surface area contributed by atoms with E-state index in [9.17, 15) is 13.2 Å². The Hall–Kier alpha value is -1.36. The van der Waals surface area contributed by atoms with E-state index in [1.54, 1.807) is 12.1 Å². The molecule has 0 aliphatic heterocycles. The Balaban J connectivity index is 2.30. The molecule has 2 aromatic rings. The van der Waals surface area contributed by atoms with Crippen molar-refractivity contribution in [1.29, 1.82) is 0 Å². The molecule has 0 spiro atoms. The van der Waals surface area contributed by atoms with Crippen LogP contribution in [0.25, 0.3) is 0 Å². The van der Waals surface area contributed by atoms with Gasteiger partial charge >= 0.3 is 0 Å². The van der Waals surface area contributed by atoms with Crippen LogP contribution >= 0.6 is 23.2 Å². The number of benzene rings is 2. The molecule has 0 N–H and O–H groups in total. The minimum Gasteiger partial charge on any atom is -0.293 e. The Labute approximate surface area is 133 Å². The van der Waals surface area contributed by atoms with Gasteiger partial charge in [-0.25, -0.2) is 8.42 Å². The zero-order valence-electron chi connectivity index (χ0n) is 11.1. The van der Waals surface area contributed by atoms with Crippen molar-refractivity contribution in [3.05, 3.63) is 63.6 Å². The summed E-state index contributed by atoms with van der Waals surface area (Å²) in [5, 5.41) is 0.513. The van der Waals surface area contributed by atoms with Crippen molar-refractivity contribution >= 4 is 38.8 Å². The van der Waals surface area contributed by atoms with Crippen LogP contribution in [-0.4, -0.2) is 20.0 Å². The second kappa shape index (κ2) is 6.18. The quantitative estimate of drug-likeness (QED) is 0.790. The van der Waals surface area contributed by atoms with Gasteiger partial charge in [0.05, 0.1) is 9.92 Å². The predicted octanol–water partition coefficient (Wildman–Crippen LogP) is 3.96. The molecular weight excluding hydrogens is 331 g/mol. The number of sulfone groups is 1. The topological polar surface area (TPSA) is 51.2 Å². The van der Waals surface area contributed by atoms with Crippen molar-refractivity contribution in [2.24, 2.45) is 0 Å². The second-order valence-corrected chi connectivity index (χ2v) is 7.45. The van der Waals surface area contributed by atoms with Crippen LogP contribution in [0, 0.1) is 6.92 Å². The monoisotopic (exact) mass is 342 g/mol. The summed E-state index contributed by atoms with van der Waals surface area (Å²) in [6.07, 6.45) is 0. The molecule has 21 heavy (non-hydrogen) atoms. The average Bonchev–Trinajstić information content (AvgIpc) is 2.41. The Morgan fingerprint density at radius 3 is 2.29 bits per heavy atom. The average molecular weight is 343 g/mol. The number of hydrogen-bond donors (Lipinski definition) is 0. The van der Waals surface area contributed by atoms with Gasteiger partial charge in [-0.05, 0) is 37.3 Å². The van der Waals surface area contributed by atoms with E-state index in [-0.39, 0.29) is 15.5 Å². The van der Waals surface area contributed by atoms with Gasteiger partial charge in [-0.3, -0.25) is 4.79 Å². The lowest BCUT2D eigenvalue weighted by atomic mass is 10.1. The highest BCUT2D eigenvalue weighted by atomic mass is 35.5. The summed E-state index contributed by atoms with van der Waals surface area (Å²) >= 11 is 11.7. The lowest BCUT2D eigenvalue weighted by Gasteiger charge is -2.06. The predicted molar refractivity (Wildman–Crippen MR) is 84.0 cm³/mol. The molecule has 2 aromatic carbocycles. The van der Waals surface area contributed by atoms with Crippen molar-refractivity contribution in [3.8, 4) is 0 Å². The van der Waals surface area contributed by atoms with Gasteiger partial charge in [-0.15, -0.1) is 0 Å². The summed E-state index contributed by atoms with van der Waals surface area (Å²) < 4.78 is 24.5. The molecule has 0 saturated carbocycles. The molecule has 0 aromatic heterocycles. The van der Waals surface area contributed by atoms with Gasteiger partial charge < -0.3 is 0 Å². The van der Waals surface area contributed by atoms with Gasteiger partial charge in [0.15, 0.2) is 15.6 Å². The molecule has 2 rings (SSSR count). The third kappa shape index (κ3) is 3.84. The summed E-state index contributed by atoms with van der Waals surface area (Å²) in [6, 6.07) is 10.7. The number of hydrogen-bond acceptors (Lipinski definition) is 3. The Morgan fingerprint density at radius 2 is 1.67 bits per heavy atom. The zero-order chi connectivity index (χ0) is 15.6. The van der Waals surface area contributed by atoms with E-state index < -0.39 is 21.4 Å². The van der Waals surface area contributed by atoms with E-state index in [4.69, 9.17) is 23.2 Å². The van der Waals surface area contributed by atoms with Crippen LogP contribution in [0.15, 0.2) is 47.4 Å². The Morgan fingerprint density at radius 1 is 1.05 bits per heavy atom. The fourth-order valence-electron chi connectivity index (χ4n) is 1.79. The van der Waals surface area contributed by atoms with Crippen LogP contribution in [0.4, 0.5) is 0 Å². The first kappa shape index (κ1) is 16.0. The van der Waals surface area contributed by atoms with E-state index >= 15 is 0 Å². The van der Waals surface area contributed by atoms with Gasteiger partial charge in [0.1, 0.15) is 5.75 Å². The molecule has 110 valence electrons. The standard InChI is InChI=1S/C15H12Cl2O3S/c1-10-2-5-12(6-3-10)21(19,20)9-15(18)13-8-11(16)4-7-14(13)17/h2-8H,9H2,1H3. The summed E-state index contributed by atoms with van der Waals surface area (Å²) in [5.74, 6) is -1.22. The van der Waals surface area contributed by atoms with E-state index in [2.05, 4.69) is 0 Å². The van der Waals surface area contributed by atoms with Crippen LogP contribution in [0.5, 0.6) is 0 Å². The molecule has 0 unspecified atom stereocenters. The highest BCUT2D eigenvalue weighted by molar-refractivity contribution is 7.92. The van der Waals surface area contributed by atoms with Crippen molar-refractivity contribution < 1.29 is 13.2 Å². The fourth-order valence-corrected chi connectivity index (χ4v) is 3.40. The summed E-state index contributed by atoms with van der Waals surface area (Å²) in [6.45, 7) is 1.85. The number of halogens is 2. The molecule has 3 nitrogen and oxygen atoms in total. The molecule has 0 aliphatic carbocycles. The third-order valence-electron chi connectivity index (χ3n) is 2.93. The van der Waals surface area contributed by atoms with Crippen molar-refractivity contribution in [2.75, 3.05) is 5.75 Å². The number of carbonyl (C=O) groups is 1. The molecule has 0 bridgehead atoms. The van der Waals surface area contributed by atoms with E-state index in [1.165, 1.54) is 30.3 Å². The van der Waals surface area contributed by atoms with Crippen LogP contribution < -0.4 is 0 Å². The molecule has 0 radical (unpaired) electrons. The number of aryl methyl sites for hydroxylation is 1. The minimum atomic E-state index is -3.71. The first-order valence-electron chi connectivity index (χ1n) is 6.07. The number of Topliss-reactive ketones (excluding diaryl/α,β-unsaturated/α-hetero) is 1. The molecule has 0 atom stereocenters. The van der Waals surface area contributed by atoms with E-state index in [1.807, 2.05) is 6.92 Å². The Bertz CT molecular complexity index is 781. The van der Waals surface area contributed by atoms with Gasteiger partial charge in [-0.2, -0.15) is 0 Å². The van der Waals surface area contributed by atoms with Crippen LogP contribution in [0.2, 0.25) is 10.0 Å². The summed E-state index contributed by atoms with van der Waals surface area (Å²) in [7, 11) is -3.71. The molecule has 6 heteroatoms. The second-order valence-electron chi connectivity index (χ2n) is 4.62. The first-order valence-corrected chi connectivity index (χ1v) is 8.48. The summed E-state index contributed by atoms with van der Waals surface area (Å²) in [5.41, 5.74) is 1.05. The largest absolute Gasteiger partial charge is 0.293 e. The van der Waals surface area contributed by atoms with Crippen molar-refractivity contribution in [1.82, 2.24) is 0 Å². The van der Waals surface area contributed by atoms with Gasteiger partial charge in [0.25, 0.3) is 0 Å². The fraction of sp³-hybridized carbons (Fsp3) is 0.133. The SMILES string of the molecule is Cc1ccc(S(=O)(=O)CC(=O)c2cc(Cl)ccc2Cl)cc1. The first-order chi connectivity index (χ1) is 9.79. The lowest BCUT2D eigenvalue weighted by molar-refractivity contribution is 0.102. The number of carbonyl (C=O) groups excluding carboxylic acids is 1. The number of ketones is 1. The van der Waals surface area contributed by atoms with Crippen LogP contribution in [0.1, 0.15) is 15.9 Å². The molecular formula is C15H12Cl2O3S. The molecule has 0 heterocycles. The van der Waals surface area contributed by atoms with E-state index in [0.717, 1.165) is 5.56 Å². The molecule has 0 amide bonds. The van der Waals surface area contributed by atoms with E-state index in [0.29, 0.717) is 5.02 Å². The van der Waals surface area contributed by atoms with Gasteiger partial charge in [-0.1, -0.05) is 40.9 Å². The number of rotatable bonds is 4. The minimum absolute atomic E-state index is 0.111. The maximum Gasteiger partial charge on any atom is 0.185 e. The van der Waals surface area contributed by atoms with Crippen molar-refractivity contribution in [3.63, 3.8) is 0 Å². The summed E-state index contributed by atoms with van der Waals surface area (Å²) in [4.78, 5) is 12.3. The van der Waals surface area contributed by atoms with Crippen LogP contribution in [-0.2, 0) is 9.84 Å². The van der Waals surface area contributed by atoms with Crippen molar-refractivity contribution in [2.45, 2.75) is 11.8 Å². The molecule has 0 fully saturated rings. The maximum absolute atomic E-state index is 12.2.